The molecule has 0 aromatic rings. The van der Waals surface area contributed by atoms with E-state index < -0.39 is 25.2 Å². The first-order valence-corrected chi connectivity index (χ1v) is 4.20. The molecule has 12 heavy (non-hydrogen) atoms. The highest BCUT2D eigenvalue weighted by Gasteiger charge is 2.39. The maximum Gasteiger partial charge on any atom is 0.457 e. The molecule has 0 aromatic heterocycles. The summed E-state index contributed by atoms with van der Waals surface area (Å²) >= 11 is 0. The van der Waals surface area contributed by atoms with Crippen LogP contribution in [-0.2, 0) is 4.74 Å². The second-order valence-corrected chi connectivity index (χ2v) is 3.23. The Morgan fingerprint density at radius 3 is 2.58 bits per heavy atom. The molecule has 1 saturated carbocycles. The largest absolute Gasteiger partial charge is 0.457 e. The van der Waals surface area contributed by atoms with Crippen LogP contribution in [0.5, 0.6) is 0 Å². The van der Waals surface area contributed by atoms with Crippen molar-refractivity contribution in [3.8, 4) is 0 Å². The van der Waals surface area contributed by atoms with E-state index in [2.05, 4.69) is 0 Å². The minimum Gasteiger partial charge on any atom is -0.427 e. The number of methoxy groups -OCH3 is 1. The predicted octanol–water partition coefficient (Wildman–Crippen LogP) is 0.366. The normalized spacial score (nSPS) is 36.5. The Bertz CT molecular complexity index is 145. The molecule has 1 aliphatic rings. The molecule has 3 nitrogen and oxygen atoms in total. The van der Waals surface area contributed by atoms with E-state index in [1.54, 1.807) is 0 Å². The Hall–Kier alpha value is -0.125. The third-order valence-electron chi connectivity index (χ3n) is 2.48. The highest BCUT2D eigenvalue weighted by molar-refractivity contribution is 6.43. The van der Waals surface area contributed by atoms with Gasteiger partial charge in [-0.1, -0.05) is 6.42 Å². The molecule has 0 aromatic carbocycles. The van der Waals surface area contributed by atoms with E-state index in [1.807, 2.05) is 0 Å². The van der Waals surface area contributed by atoms with Crippen LogP contribution in [0.2, 0.25) is 5.82 Å². The van der Waals surface area contributed by atoms with E-state index in [0.29, 0.717) is 12.8 Å². The zero-order chi connectivity index (χ0) is 9.14. The lowest BCUT2D eigenvalue weighted by Crippen LogP contribution is -2.39. The van der Waals surface area contributed by atoms with Crippen LogP contribution in [0.25, 0.3) is 0 Å². The second kappa shape index (κ2) is 4.21. The van der Waals surface area contributed by atoms with Gasteiger partial charge in [0.05, 0.1) is 6.10 Å². The Morgan fingerprint density at radius 2 is 2.08 bits per heavy atom. The van der Waals surface area contributed by atoms with Gasteiger partial charge in [0.15, 0.2) is 0 Å². The number of halogens is 1. The SMILES string of the molecule is COC1CCCC(B(O)O)C1F. The van der Waals surface area contributed by atoms with Gasteiger partial charge in [-0.2, -0.15) is 0 Å². The molecular formula is C7H14BFO3. The summed E-state index contributed by atoms with van der Waals surface area (Å²) in [6.45, 7) is 0. The standard InChI is InChI=1S/C7H14BFO3/c1-12-6-4-2-3-5(7(6)9)8(10)11/h5-7,10-11H,2-4H2,1H3. The van der Waals surface area contributed by atoms with E-state index in [-0.39, 0.29) is 0 Å². The maximum atomic E-state index is 13.3. The van der Waals surface area contributed by atoms with Crippen LogP contribution in [0.15, 0.2) is 0 Å². The van der Waals surface area contributed by atoms with Crippen molar-refractivity contribution in [3.05, 3.63) is 0 Å². The first-order chi connectivity index (χ1) is 5.66. The molecule has 0 bridgehead atoms. The van der Waals surface area contributed by atoms with Crippen LogP contribution in [-0.4, -0.2) is 36.6 Å². The molecule has 0 heterocycles. The van der Waals surface area contributed by atoms with Gasteiger partial charge in [-0.25, -0.2) is 4.39 Å². The van der Waals surface area contributed by atoms with Crippen molar-refractivity contribution in [1.29, 1.82) is 0 Å². The summed E-state index contributed by atoms with van der Waals surface area (Å²) < 4.78 is 18.2. The van der Waals surface area contributed by atoms with Crippen molar-refractivity contribution in [3.63, 3.8) is 0 Å². The zero-order valence-corrected chi connectivity index (χ0v) is 7.11. The minimum atomic E-state index is -1.56. The van der Waals surface area contributed by atoms with Crippen LogP contribution in [0.1, 0.15) is 19.3 Å². The van der Waals surface area contributed by atoms with E-state index in [0.717, 1.165) is 6.42 Å². The van der Waals surface area contributed by atoms with Gasteiger partial charge in [0.2, 0.25) is 0 Å². The van der Waals surface area contributed by atoms with Gasteiger partial charge >= 0.3 is 7.12 Å². The van der Waals surface area contributed by atoms with Gasteiger partial charge < -0.3 is 14.8 Å². The first-order valence-electron chi connectivity index (χ1n) is 4.20. The molecule has 0 saturated heterocycles. The van der Waals surface area contributed by atoms with Crippen molar-refractivity contribution in [2.24, 2.45) is 0 Å². The Labute approximate surface area is 71.7 Å². The van der Waals surface area contributed by atoms with Crippen LogP contribution in [0.3, 0.4) is 0 Å². The number of rotatable bonds is 2. The van der Waals surface area contributed by atoms with Crippen molar-refractivity contribution in [2.75, 3.05) is 7.11 Å². The molecule has 1 fully saturated rings. The zero-order valence-electron chi connectivity index (χ0n) is 7.11. The van der Waals surface area contributed by atoms with E-state index in [9.17, 15) is 4.39 Å². The Kier molecular flexibility index (Phi) is 3.49. The summed E-state index contributed by atoms with van der Waals surface area (Å²) in [4.78, 5) is 0. The van der Waals surface area contributed by atoms with Crippen LogP contribution >= 0.6 is 0 Å². The van der Waals surface area contributed by atoms with Crippen LogP contribution in [0, 0.1) is 0 Å². The van der Waals surface area contributed by atoms with Crippen molar-refractivity contribution >= 4 is 7.12 Å². The van der Waals surface area contributed by atoms with Gasteiger partial charge in [-0.05, 0) is 12.8 Å². The maximum absolute atomic E-state index is 13.3. The fraction of sp³-hybridized carbons (Fsp3) is 1.00. The predicted molar refractivity (Wildman–Crippen MR) is 43.5 cm³/mol. The lowest BCUT2D eigenvalue weighted by molar-refractivity contribution is 0.00130. The molecule has 2 N–H and O–H groups in total. The molecule has 1 aliphatic carbocycles. The van der Waals surface area contributed by atoms with Crippen molar-refractivity contribution in [1.82, 2.24) is 0 Å². The highest BCUT2D eigenvalue weighted by atomic mass is 19.1. The topological polar surface area (TPSA) is 49.7 Å². The third-order valence-corrected chi connectivity index (χ3v) is 2.48. The molecule has 5 heteroatoms. The highest BCUT2D eigenvalue weighted by Crippen LogP contribution is 2.34. The van der Waals surface area contributed by atoms with E-state index in [4.69, 9.17) is 14.8 Å². The smallest absolute Gasteiger partial charge is 0.427 e. The molecule has 0 spiro atoms. The molecule has 70 valence electrons. The monoisotopic (exact) mass is 176 g/mol. The fourth-order valence-electron chi connectivity index (χ4n) is 1.71. The summed E-state index contributed by atoms with van der Waals surface area (Å²) in [5, 5.41) is 17.6. The molecule has 1 rings (SSSR count). The molecule has 0 aliphatic heterocycles. The van der Waals surface area contributed by atoms with Gasteiger partial charge in [0.1, 0.15) is 6.17 Å². The first kappa shape index (κ1) is 9.96. The van der Waals surface area contributed by atoms with Crippen LogP contribution in [0.4, 0.5) is 4.39 Å². The van der Waals surface area contributed by atoms with Crippen molar-refractivity contribution in [2.45, 2.75) is 37.4 Å². The number of alkyl halides is 1. The second-order valence-electron chi connectivity index (χ2n) is 3.23. The van der Waals surface area contributed by atoms with Gasteiger partial charge in [-0.3, -0.25) is 0 Å². The fourth-order valence-corrected chi connectivity index (χ4v) is 1.71. The van der Waals surface area contributed by atoms with E-state index >= 15 is 0 Å². The summed E-state index contributed by atoms with van der Waals surface area (Å²) in [5.41, 5.74) is 0. The summed E-state index contributed by atoms with van der Waals surface area (Å²) in [5.74, 6) is -0.677. The lowest BCUT2D eigenvalue weighted by atomic mass is 9.63. The summed E-state index contributed by atoms with van der Waals surface area (Å²) in [7, 11) is -0.110. The number of ether oxygens (including phenoxy) is 1. The molecular weight excluding hydrogens is 162 g/mol. The minimum absolute atomic E-state index is 0.467. The van der Waals surface area contributed by atoms with Gasteiger partial charge in [0, 0.05) is 12.9 Å². The summed E-state index contributed by atoms with van der Waals surface area (Å²) in [6.07, 6.45) is 0.273. The van der Waals surface area contributed by atoms with Gasteiger partial charge in [-0.15, -0.1) is 0 Å². The third kappa shape index (κ3) is 1.97. The van der Waals surface area contributed by atoms with Crippen LogP contribution < -0.4 is 0 Å². The van der Waals surface area contributed by atoms with E-state index in [1.165, 1.54) is 7.11 Å². The molecule has 3 unspecified atom stereocenters. The lowest BCUT2D eigenvalue weighted by Gasteiger charge is -2.31. The van der Waals surface area contributed by atoms with Gasteiger partial charge in [0.25, 0.3) is 0 Å². The average molecular weight is 176 g/mol. The summed E-state index contributed by atoms with van der Waals surface area (Å²) in [6, 6.07) is 0. The van der Waals surface area contributed by atoms with Crippen molar-refractivity contribution < 1.29 is 19.2 Å². The Morgan fingerprint density at radius 1 is 1.42 bits per heavy atom. The number of hydrogen-bond acceptors (Lipinski definition) is 3. The quantitative estimate of drug-likeness (QED) is 0.597. The molecule has 0 radical (unpaired) electrons. The average Bonchev–Trinajstić information content (AvgIpc) is 2.04. The number of hydrogen-bond donors (Lipinski definition) is 2. The molecule has 0 amide bonds. The Balaban J connectivity index is 2.53. The molecule has 3 atom stereocenters.